The monoisotopic (exact) mass is 396 g/mol. The van der Waals surface area contributed by atoms with Crippen molar-refractivity contribution in [2.45, 2.75) is 57.5 Å². The first-order valence-electron chi connectivity index (χ1n) is 10.0. The van der Waals surface area contributed by atoms with E-state index in [1.165, 1.54) is 6.42 Å². The molecule has 2 aromatic rings. The second kappa shape index (κ2) is 7.36. The smallest absolute Gasteiger partial charge is 0.322 e. The van der Waals surface area contributed by atoms with E-state index < -0.39 is 17.5 Å². The van der Waals surface area contributed by atoms with Crippen molar-refractivity contribution in [2.75, 3.05) is 0 Å². The predicted molar refractivity (Wildman–Crippen MR) is 110 cm³/mol. The molecule has 4 rings (SSSR count). The highest BCUT2D eigenvalue weighted by molar-refractivity contribution is 6.30. The van der Waals surface area contributed by atoms with Crippen LogP contribution in [0.2, 0.25) is 5.02 Å². The van der Waals surface area contributed by atoms with Crippen LogP contribution < -0.4 is 0 Å². The Hall–Kier alpha value is -2.13. The fraction of sp³-hybridized carbons (Fsp3) is 0.417. The molecule has 2 atom stereocenters. The zero-order valence-corrected chi connectivity index (χ0v) is 17.1. The first-order chi connectivity index (χ1) is 13.4. The fourth-order valence-corrected chi connectivity index (χ4v) is 4.82. The molecule has 2 aromatic carbocycles. The number of aryl methyl sites for hydroxylation is 1. The van der Waals surface area contributed by atoms with E-state index in [9.17, 15) is 9.59 Å². The lowest BCUT2D eigenvalue weighted by Crippen LogP contribution is -2.42. The second-order valence-electron chi connectivity index (χ2n) is 8.24. The van der Waals surface area contributed by atoms with Gasteiger partial charge >= 0.3 is 5.97 Å². The summed E-state index contributed by atoms with van der Waals surface area (Å²) in [6.45, 7) is 3.76. The van der Waals surface area contributed by atoms with E-state index in [1.807, 2.05) is 56.3 Å². The highest BCUT2D eigenvalue weighted by Crippen LogP contribution is 2.45. The van der Waals surface area contributed by atoms with Gasteiger partial charge < -0.3 is 4.74 Å². The van der Waals surface area contributed by atoms with Gasteiger partial charge in [0.2, 0.25) is 0 Å². The molecule has 0 spiro atoms. The molecule has 28 heavy (non-hydrogen) atoms. The van der Waals surface area contributed by atoms with Crippen LogP contribution in [0.1, 0.15) is 56.1 Å². The number of esters is 1. The molecule has 146 valence electrons. The van der Waals surface area contributed by atoms with E-state index in [0.29, 0.717) is 5.02 Å². The van der Waals surface area contributed by atoms with Crippen molar-refractivity contribution >= 4 is 23.4 Å². The number of carbonyl (C=O) groups is 2. The third kappa shape index (κ3) is 3.26. The zero-order chi connectivity index (χ0) is 19.9. The van der Waals surface area contributed by atoms with Gasteiger partial charge in [-0.2, -0.15) is 0 Å². The molecule has 0 aromatic heterocycles. The molecular formula is C24H25ClO3. The molecule has 1 aliphatic heterocycles. The Bertz CT molecular complexity index is 912. The number of carbonyl (C=O) groups excluding carboxylic acids is 2. The molecule has 0 N–H and O–H groups in total. The molecule has 3 nitrogen and oxygen atoms in total. The molecule has 4 heteroatoms. The molecular weight excluding hydrogens is 372 g/mol. The number of hydrogen-bond acceptors (Lipinski definition) is 3. The number of Topliss-reactive ketones (excluding diaryl/α,β-unsaturated/α-hetero) is 1. The van der Waals surface area contributed by atoms with Crippen LogP contribution in [-0.2, 0) is 14.3 Å². The minimum atomic E-state index is -0.995. The van der Waals surface area contributed by atoms with E-state index in [2.05, 4.69) is 0 Å². The molecule has 2 fully saturated rings. The van der Waals surface area contributed by atoms with E-state index >= 15 is 0 Å². The van der Waals surface area contributed by atoms with Gasteiger partial charge in [0, 0.05) is 10.9 Å². The molecule has 1 aliphatic carbocycles. The van der Waals surface area contributed by atoms with Crippen molar-refractivity contribution in [3.8, 4) is 11.1 Å². The lowest BCUT2D eigenvalue weighted by molar-refractivity contribution is -0.156. The third-order valence-corrected chi connectivity index (χ3v) is 6.70. The maximum Gasteiger partial charge on any atom is 0.322 e. The van der Waals surface area contributed by atoms with E-state index in [1.54, 1.807) is 0 Å². The van der Waals surface area contributed by atoms with Crippen LogP contribution in [0.5, 0.6) is 0 Å². The van der Waals surface area contributed by atoms with Crippen molar-refractivity contribution < 1.29 is 14.3 Å². The summed E-state index contributed by atoms with van der Waals surface area (Å²) in [5, 5.41) is 0.675. The molecule has 2 aliphatic rings. The Labute approximate surface area is 171 Å². The molecule has 1 saturated carbocycles. The SMILES string of the molecule is Cc1ccc(-c2ccc(Cl)cc2)cc1C1C(=O)OC(C)(C2CCCCC2)C1=O. The van der Waals surface area contributed by atoms with Crippen LogP contribution in [0.25, 0.3) is 11.1 Å². The molecule has 1 heterocycles. The minimum absolute atomic E-state index is 0.0826. The minimum Gasteiger partial charge on any atom is -0.450 e. The van der Waals surface area contributed by atoms with Gasteiger partial charge in [-0.3, -0.25) is 9.59 Å². The number of rotatable bonds is 3. The number of ether oxygens (including phenoxy) is 1. The summed E-state index contributed by atoms with van der Waals surface area (Å²) >= 11 is 6.00. The van der Waals surface area contributed by atoms with E-state index in [0.717, 1.165) is 47.9 Å². The number of ketones is 1. The third-order valence-electron chi connectivity index (χ3n) is 6.45. The van der Waals surface area contributed by atoms with Gasteiger partial charge in [0.25, 0.3) is 0 Å². The van der Waals surface area contributed by atoms with Gasteiger partial charge in [-0.1, -0.05) is 55.1 Å². The lowest BCUT2D eigenvalue weighted by Gasteiger charge is -2.33. The zero-order valence-electron chi connectivity index (χ0n) is 16.3. The van der Waals surface area contributed by atoms with Gasteiger partial charge in [0.15, 0.2) is 11.4 Å². The molecule has 0 bridgehead atoms. The topological polar surface area (TPSA) is 43.4 Å². The van der Waals surface area contributed by atoms with Gasteiger partial charge in [-0.05, 0) is 67.1 Å². The largest absolute Gasteiger partial charge is 0.450 e. The quantitative estimate of drug-likeness (QED) is 0.481. The van der Waals surface area contributed by atoms with Crippen molar-refractivity contribution in [1.29, 1.82) is 0 Å². The lowest BCUT2D eigenvalue weighted by atomic mass is 9.73. The van der Waals surface area contributed by atoms with Crippen molar-refractivity contribution in [3.05, 3.63) is 58.6 Å². The standard InChI is InChI=1S/C24H25ClO3/c1-15-8-9-17(16-10-12-19(25)13-11-16)14-20(15)21-22(26)24(2,28-23(21)27)18-6-4-3-5-7-18/h8-14,18,21H,3-7H2,1-2H3. The predicted octanol–water partition coefficient (Wildman–Crippen LogP) is 5.86. The first-order valence-corrected chi connectivity index (χ1v) is 10.4. The average Bonchev–Trinajstić information content (AvgIpc) is 2.93. The van der Waals surface area contributed by atoms with Gasteiger partial charge in [-0.25, -0.2) is 0 Å². The van der Waals surface area contributed by atoms with Crippen LogP contribution in [0, 0.1) is 12.8 Å². The molecule has 2 unspecified atom stereocenters. The highest BCUT2D eigenvalue weighted by Gasteiger charge is 2.56. The maximum atomic E-state index is 13.4. The molecule has 1 saturated heterocycles. The Morgan fingerprint density at radius 3 is 2.29 bits per heavy atom. The summed E-state index contributed by atoms with van der Waals surface area (Å²) in [6.07, 6.45) is 5.29. The number of benzene rings is 2. The molecule has 0 amide bonds. The first kappa shape index (κ1) is 19.2. The normalized spacial score (nSPS) is 25.8. The van der Waals surface area contributed by atoms with E-state index in [4.69, 9.17) is 16.3 Å². The number of cyclic esters (lactones) is 1. The molecule has 0 radical (unpaired) electrons. The maximum absolute atomic E-state index is 13.4. The summed E-state index contributed by atoms with van der Waals surface area (Å²) in [4.78, 5) is 26.2. The summed E-state index contributed by atoms with van der Waals surface area (Å²) in [5.74, 6) is -1.20. The summed E-state index contributed by atoms with van der Waals surface area (Å²) in [6, 6.07) is 13.5. The summed E-state index contributed by atoms with van der Waals surface area (Å²) in [5.41, 5.74) is 2.65. The number of hydrogen-bond donors (Lipinski definition) is 0. The Morgan fingerprint density at radius 2 is 1.61 bits per heavy atom. The summed E-state index contributed by atoms with van der Waals surface area (Å²) in [7, 11) is 0. The van der Waals surface area contributed by atoms with Crippen LogP contribution in [-0.4, -0.2) is 17.4 Å². The highest BCUT2D eigenvalue weighted by atomic mass is 35.5. The van der Waals surface area contributed by atoms with Gasteiger partial charge in [0.05, 0.1) is 0 Å². The van der Waals surface area contributed by atoms with Crippen LogP contribution in [0.4, 0.5) is 0 Å². The van der Waals surface area contributed by atoms with Crippen LogP contribution >= 0.6 is 11.6 Å². The number of halogens is 1. The van der Waals surface area contributed by atoms with E-state index in [-0.39, 0.29) is 11.7 Å². The van der Waals surface area contributed by atoms with Gasteiger partial charge in [-0.15, -0.1) is 0 Å². The van der Waals surface area contributed by atoms with Gasteiger partial charge in [0.1, 0.15) is 5.92 Å². The second-order valence-corrected chi connectivity index (χ2v) is 8.68. The van der Waals surface area contributed by atoms with Crippen molar-refractivity contribution in [1.82, 2.24) is 0 Å². The van der Waals surface area contributed by atoms with Crippen molar-refractivity contribution in [2.24, 2.45) is 5.92 Å². The fourth-order valence-electron chi connectivity index (χ4n) is 4.69. The Morgan fingerprint density at radius 1 is 0.964 bits per heavy atom. The Kier molecular flexibility index (Phi) is 5.05. The summed E-state index contributed by atoms with van der Waals surface area (Å²) < 4.78 is 5.78. The average molecular weight is 397 g/mol. The van der Waals surface area contributed by atoms with Crippen LogP contribution in [0.15, 0.2) is 42.5 Å². The Balaban J connectivity index is 1.70. The van der Waals surface area contributed by atoms with Crippen LogP contribution in [0.3, 0.4) is 0 Å². The van der Waals surface area contributed by atoms with Crippen molar-refractivity contribution in [3.63, 3.8) is 0 Å².